The Morgan fingerprint density at radius 1 is 0.792 bits per heavy atom. The van der Waals surface area contributed by atoms with Gasteiger partial charge in [-0.2, -0.15) is 0 Å². The predicted octanol–water partition coefficient (Wildman–Crippen LogP) is 9.71. The molecule has 0 aromatic carbocycles. The lowest BCUT2D eigenvalue weighted by molar-refractivity contribution is -0.236. The van der Waals surface area contributed by atoms with E-state index in [9.17, 15) is 24.3 Å². The van der Waals surface area contributed by atoms with Crippen molar-refractivity contribution in [3.8, 4) is 0 Å². The van der Waals surface area contributed by atoms with E-state index >= 15 is 0 Å². The highest BCUT2D eigenvalue weighted by atomic mass is 16.5. The lowest BCUT2D eigenvalue weighted by Gasteiger charge is -2.72. The second kappa shape index (κ2) is 13.2. The first-order chi connectivity index (χ1) is 24.7. The highest BCUT2D eigenvalue weighted by molar-refractivity contribution is 6.01. The Morgan fingerprint density at radius 3 is 2.13 bits per heavy atom. The summed E-state index contributed by atoms with van der Waals surface area (Å²) in [5.41, 5.74) is 1.54. The highest BCUT2D eigenvalue weighted by Gasteiger charge is 2.70. The number of hydrogen-bond acceptors (Lipinski definition) is 5. The number of aliphatic carboxylic acids is 1. The van der Waals surface area contributed by atoms with Gasteiger partial charge in [0.15, 0.2) is 5.78 Å². The summed E-state index contributed by atoms with van der Waals surface area (Å²) < 4.78 is 6.42. The Bertz CT molecular complexity index is 1550. The summed E-state index contributed by atoms with van der Waals surface area (Å²) in [5, 5.41) is 13.0. The minimum absolute atomic E-state index is 0.0377. The minimum atomic E-state index is -0.822. The molecule has 1 unspecified atom stereocenters. The molecule has 0 bridgehead atoms. The quantitative estimate of drug-likeness (QED) is 0.241. The molecule has 0 aliphatic heterocycles. The van der Waals surface area contributed by atoms with Crippen LogP contribution in [0.25, 0.3) is 0 Å². The zero-order valence-corrected chi connectivity index (χ0v) is 34.6. The number of ketones is 1. The fourth-order valence-corrected chi connectivity index (χ4v) is 15.1. The predicted molar refractivity (Wildman–Crippen MR) is 207 cm³/mol. The fraction of sp³-hybridized carbons (Fsp3) is 0.870. The van der Waals surface area contributed by atoms with E-state index in [-0.39, 0.29) is 56.9 Å². The van der Waals surface area contributed by atoms with Crippen LogP contribution in [0.15, 0.2) is 11.1 Å². The zero-order valence-electron chi connectivity index (χ0n) is 34.6. The molecule has 6 saturated carbocycles. The summed E-state index contributed by atoms with van der Waals surface area (Å²) >= 11 is 0. The molecular formula is C46H71NO6. The van der Waals surface area contributed by atoms with Crippen LogP contribution >= 0.6 is 0 Å². The second-order valence-electron chi connectivity index (χ2n) is 21.7. The first kappa shape index (κ1) is 39.1. The van der Waals surface area contributed by atoms with Gasteiger partial charge in [-0.05, 0) is 127 Å². The summed E-state index contributed by atoms with van der Waals surface area (Å²) in [6, 6.07) is 0. The number of carbonyl (C=O) groups is 4. The van der Waals surface area contributed by atoms with Gasteiger partial charge < -0.3 is 15.2 Å². The van der Waals surface area contributed by atoms with Gasteiger partial charge in [0, 0.05) is 30.2 Å². The second-order valence-corrected chi connectivity index (χ2v) is 21.7. The van der Waals surface area contributed by atoms with Crippen molar-refractivity contribution < 1.29 is 29.0 Å². The van der Waals surface area contributed by atoms with Crippen molar-refractivity contribution >= 4 is 23.6 Å². The summed E-state index contributed by atoms with van der Waals surface area (Å²) in [6.45, 7) is 21.3. The van der Waals surface area contributed by atoms with Gasteiger partial charge in [-0.3, -0.25) is 19.2 Å². The largest absolute Gasteiger partial charge is 0.481 e. The van der Waals surface area contributed by atoms with E-state index in [0.717, 1.165) is 63.5 Å². The van der Waals surface area contributed by atoms with Crippen molar-refractivity contribution in [2.75, 3.05) is 6.54 Å². The van der Waals surface area contributed by atoms with Gasteiger partial charge in [0.05, 0.1) is 11.8 Å². The summed E-state index contributed by atoms with van der Waals surface area (Å²) in [5.74, 6) is 0.535. The van der Waals surface area contributed by atoms with E-state index in [1.54, 1.807) is 0 Å². The first-order valence-electron chi connectivity index (χ1n) is 21.7. The van der Waals surface area contributed by atoms with Crippen molar-refractivity contribution in [1.82, 2.24) is 5.32 Å². The molecule has 7 aliphatic rings. The molecule has 2 N–H and O–H groups in total. The van der Waals surface area contributed by atoms with Gasteiger partial charge in [0.1, 0.15) is 6.10 Å². The molecule has 7 aliphatic carbocycles. The van der Waals surface area contributed by atoms with Crippen molar-refractivity contribution in [3.63, 3.8) is 0 Å². The monoisotopic (exact) mass is 734 g/mol. The zero-order chi connectivity index (χ0) is 38.5. The van der Waals surface area contributed by atoms with Crippen molar-refractivity contribution in [2.45, 2.75) is 171 Å². The molecule has 0 heterocycles. The van der Waals surface area contributed by atoms with Crippen molar-refractivity contribution in [3.05, 3.63) is 11.1 Å². The standard InChI is InChI=1S/C46H71NO6/c1-27(2)37-32(48)24-46(25-36(49)47-26-28-13-11-10-12-14-28)22-21-44(8)29(38(37)46)15-16-34-43(7)19-18-35(42(5,6)33(43)17-20-45(34,44)9)53-40(52)31-23-30(39(50)51)41(31,3)4/h27-31,33-35H,10-26H2,1-9H3,(H,47,49)(H,50,51)/t29-,30+,31-,33+,34-,35+,43+,44-,45-,46?/m1/s1. The number of esters is 1. The third-order valence-electron chi connectivity index (χ3n) is 18.4. The summed E-state index contributed by atoms with van der Waals surface area (Å²) in [6.07, 6.45) is 15.7. The maximum absolute atomic E-state index is 14.0. The molecule has 1 amide bonds. The molecule has 296 valence electrons. The molecular weight excluding hydrogens is 663 g/mol. The van der Waals surface area contributed by atoms with Crippen molar-refractivity contribution in [1.29, 1.82) is 0 Å². The molecule has 6 fully saturated rings. The SMILES string of the molecule is CC(C)C1=C2[C@H]3CC[C@@H]4[C@@]5(C)CC[C@H](OC(=O)[C@H]6C[C@@H](C(=O)O)C6(C)C)C(C)(C)[C@@H]5CC[C@@]4(C)[C@]3(C)CCC2(CC(=O)NCC2CCCCC2)CC1=O. The lowest BCUT2D eigenvalue weighted by atomic mass is 9.33. The van der Waals surface area contributed by atoms with Crippen LogP contribution in [0, 0.1) is 73.9 Å². The average Bonchev–Trinajstić information content (AvgIpc) is 3.37. The molecule has 7 rings (SSSR count). The normalized spacial score (nSPS) is 43.2. The summed E-state index contributed by atoms with van der Waals surface area (Å²) in [7, 11) is 0. The van der Waals surface area contributed by atoms with E-state index in [2.05, 4.69) is 53.8 Å². The van der Waals surface area contributed by atoms with E-state index in [0.29, 0.717) is 48.7 Å². The average molecular weight is 734 g/mol. The topological polar surface area (TPSA) is 110 Å². The van der Waals surface area contributed by atoms with Crippen LogP contribution in [-0.2, 0) is 23.9 Å². The van der Waals surface area contributed by atoms with Crippen LogP contribution < -0.4 is 5.32 Å². The molecule has 7 nitrogen and oxygen atoms in total. The molecule has 0 aromatic heterocycles. The Hall–Kier alpha value is -2.18. The van der Waals surface area contributed by atoms with Gasteiger partial charge in [-0.25, -0.2) is 0 Å². The highest BCUT2D eigenvalue weighted by Crippen LogP contribution is 2.77. The number of nitrogens with one attached hydrogen (secondary N) is 1. The Kier molecular flexibility index (Phi) is 9.74. The Labute approximate surface area is 320 Å². The number of rotatable bonds is 8. The molecule has 10 atom stereocenters. The maximum Gasteiger partial charge on any atom is 0.309 e. The van der Waals surface area contributed by atoms with Crippen LogP contribution in [0.4, 0.5) is 0 Å². The molecule has 7 heteroatoms. The number of carbonyl (C=O) groups excluding carboxylic acids is 3. The number of hydrogen-bond donors (Lipinski definition) is 2. The van der Waals surface area contributed by atoms with E-state index in [1.807, 2.05) is 13.8 Å². The van der Waals surface area contributed by atoms with E-state index in [4.69, 9.17) is 4.74 Å². The molecule has 0 aromatic rings. The lowest BCUT2D eigenvalue weighted by Crippen LogP contribution is -2.66. The van der Waals surface area contributed by atoms with Crippen LogP contribution in [0.5, 0.6) is 0 Å². The van der Waals surface area contributed by atoms with Crippen molar-refractivity contribution in [2.24, 2.45) is 73.9 Å². The minimum Gasteiger partial charge on any atom is -0.481 e. The van der Waals surface area contributed by atoms with E-state index in [1.165, 1.54) is 37.7 Å². The van der Waals surface area contributed by atoms with Crippen LogP contribution in [0.1, 0.15) is 165 Å². The third-order valence-corrected chi connectivity index (χ3v) is 18.4. The fourth-order valence-electron chi connectivity index (χ4n) is 15.1. The van der Waals surface area contributed by atoms with Gasteiger partial charge >= 0.3 is 11.9 Å². The number of allylic oxidation sites excluding steroid dienone is 2. The third kappa shape index (κ3) is 5.83. The number of fused-ring (bicyclic) bond motifs is 7. The van der Waals surface area contributed by atoms with Gasteiger partial charge in [-0.1, -0.05) is 87.1 Å². The number of carboxylic acids is 1. The number of amides is 1. The van der Waals surface area contributed by atoms with Gasteiger partial charge in [0.25, 0.3) is 0 Å². The molecule has 0 saturated heterocycles. The smallest absolute Gasteiger partial charge is 0.309 e. The van der Waals surface area contributed by atoms with Crippen LogP contribution in [0.3, 0.4) is 0 Å². The Morgan fingerprint density at radius 2 is 1.49 bits per heavy atom. The van der Waals surface area contributed by atoms with Crippen LogP contribution in [-0.4, -0.2) is 41.4 Å². The number of Topliss-reactive ketones (excluding diaryl/α,β-unsaturated/α-hetero) is 1. The number of carboxylic acid groups (broad SMARTS) is 1. The van der Waals surface area contributed by atoms with Gasteiger partial charge in [-0.15, -0.1) is 0 Å². The maximum atomic E-state index is 14.0. The Balaban J connectivity index is 1.12. The molecule has 53 heavy (non-hydrogen) atoms. The number of ether oxygens (including phenoxy) is 1. The molecule has 0 radical (unpaired) electrons. The summed E-state index contributed by atoms with van der Waals surface area (Å²) in [4.78, 5) is 53.2. The van der Waals surface area contributed by atoms with Crippen LogP contribution in [0.2, 0.25) is 0 Å². The molecule has 0 spiro atoms. The van der Waals surface area contributed by atoms with E-state index < -0.39 is 17.3 Å². The first-order valence-corrected chi connectivity index (χ1v) is 21.7. The van der Waals surface area contributed by atoms with Gasteiger partial charge in [0.2, 0.25) is 5.91 Å².